The number of fused-ring (bicyclic) bond motifs is 1. The number of amides is 1. The molecule has 4 rings (SSSR count). The quantitative estimate of drug-likeness (QED) is 0.682. The summed E-state index contributed by atoms with van der Waals surface area (Å²) in [5.41, 5.74) is 2.92. The number of carbonyl (C=O) groups is 1. The van der Waals surface area contributed by atoms with Crippen molar-refractivity contribution < 1.29 is 4.79 Å². The van der Waals surface area contributed by atoms with Gasteiger partial charge < -0.3 is 4.90 Å². The highest BCUT2D eigenvalue weighted by atomic mass is 32.2. The number of benzene rings is 1. The van der Waals surface area contributed by atoms with E-state index in [1.165, 1.54) is 36.0 Å². The minimum atomic E-state index is -0.635. The highest BCUT2D eigenvalue weighted by Crippen LogP contribution is 2.34. The fourth-order valence-electron chi connectivity index (χ4n) is 4.58. The Morgan fingerprint density at radius 1 is 1.17 bits per heavy atom. The summed E-state index contributed by atoms with van der Waals surface area (Å²) < 4.78 is 2.23. The van der Waals surface area contributed by atoms with Gasteiger partial charge in [0.2, 0.25) is 5.91 Å². The van der Waals surface area contributed by atoms with Crippen LogP contribution in [0, 0.1) is 11.3 Å². The van der Waals surface area contributed by atoms with E-state index in [0.29, 0.717) is 5.75 Å². The van der Waals surface area contributed by atoms with Crippen LogP contribution >= 0.6 is 11.8 Å². The van der Waals surface area contributed by atoms with E-state index in [0.717, 1.165) is 55.8 Å². The molecule has 0 spiro atoms. The Morgan fingerprint density at radius 3 is 2.62 bits per heavy atom. The van der Waals surface area contributed by atoms with Crippen LogP contribution < -0.4 is 0 Å². The van der Waals surface area contributed by atoms with E-state index in [1.807, 2.05) is 18.2 Å². The van der Waals surface area contributed by atoms with E-state index in [2.05, 4.69) is 22.8 Å². The number of aryl methyl sites for hydroxylation is 1. The van der Waals surface area contributed by atoms with Crippen molar-refractivity contribution in [1.29, 1.82) is 5.26 Å². The van der Waals surface area contributed by atoms with Gasteiger partial charge in [0.05, 0.1) is 17.5 Å². The number of nitriles is 1. The third-order valence-electron chi connectivity index (χ3n) is 6.35. The normalized spacial score (nSPS) is 17.9. The Labute approximate surface area is 177 Å². The average Bonchev–Trinajstić information content (AvgIpc) is 3.16. The SMILES string of the molecule is CN(C(=O)CSc1nc2c(n1-c1ccccc1)CCCC2)C1(C#N)CCCCC1. The van der Waals surface area contributed by atoms with Crippen molar-refractivity contribution in [2.75, 3.05) is 12.8 Å². The zero-order valence-corrected chi connectivity index (χ0v) is 17.9. The summed E-state index contributed by atoms with van der Waals surface area (Å²) in [5, 5.41) is 10.7. The smallest absolute Gasteiger partial charge is 0.234 e. The molecular formula is C23H28N4OS. The first kappa shape index (κ1) is 20.0. The van der Waals surface area contributed by atoms with Gasteiger partial charge in [-0.25, -0.2) is 4.98 Å². The fraction of sp³-hybridized carbons (Fsp3) is 0.522. The minimum Gasteiger partial charge on any atom is -0.326 e. The van der Waals surface area contributed by atoms with Gasteiger partial charge in [0, 0.05) is 18.4 Å². The number of hydrogen-bond acceptors (Lipinski definition) is 4. The molecular weight excluding hydrogens is 380 g/mol. The number of aromatic nitrogens is 2. The van der Waals surface area contributed by atoms with Crippen molar-refractivity contribution in [2.24, 2.45) is 0 Å². The molecule has 0 saturated heterocycles. The summed E-state index contributed by atoms with van der Waals surface area (Å²) in [6.45, 7) is 0. The van der Waals surface area contributed by atoms with Gasteiger partial charge in [0.25, 0.3) is 0 Å². The molecule has 0 bridgehead atoms. The van der Waals surface area contributed by atoms with Crippen LogP contribution in [0.3, 0.4) is 0 Å². The number of carbonyl (C=O) groups excluding carboxylic acids is 1. The number of para-hydroxylation sites is 1. The molecule has 0 aliphatic heterocycles. The molecule has 0 atom stereocenters. The van der Waals surface area contributed by atoms with Crippen molar-refractivity contribution in [2.45, 2.75) is 68.5 Å². The Hall–Kier alpha value is -2.26. The van der Waals surface area contributed by atoms with Crippen molar-refractivity contribution in [3.63, 3.8) is 0 Å². The van der Waals surface area contributed by atoms with Crippen LogP contribution in [-0.2, 0) is 17.6 Å². The second-order valence-electron chi connectivity index (χ2n) is 8.11. The predicted molar refractivity (Wildman–Crippen MR) is 115 cm³/mol. The van der Waals surface area contributed by atoms with Crippen molar-refractivity contribution in [3.8, 4) is 11.8 Å². The van der Waals surface area contributed by atoms with Crippen LogP contribution in [-0.4, -0.2) is 38.7 Å². The average molecular weight is 409 g/mol. The lowest BCUT2D eigenvalue weighted by molar-refractivity contribution is -0.131. The Kier molecular flexibility index (Phi) is 5.96. The molecule has 1 saturated carbocycles. The summed E-state index contributed by atoms with van der Waals surface area (Å²) in [7, 11) is 1.80. The maximum absolute atomic E-state index is 13.0. The molecule has 1 fully saturated rings. The lowest BCUT2D eigenvalue weighted by Gasteiger charge is -2.39. The van der Waals surface area contributed by atoms with Crippen molar-refractivity contribution >= 4 is 17.7 Å². The molecule has 1 aromatic carbocycles. The van der Waals surface area contributed by atoms with Crippen molar-refractivity contribution in [1.82, 2.24) is 14.5 Å². The van der Waals surface area contributed by atoms with Crippen LogP contribution in [0.5, 0.6) is 0 Å². The molecule has 1 aromatic heterocycles. The largest absolute Gasteiger partial charge is 0.326 e. The second-order valence-corrected chi connectivity index (χ2v) is 9.05. The maximum Gasteiger partial charge on any atom is 0.234 e. The third kappa shape index (κ3) is 3.93. The van der Waals surface area contributed by atoms with Gasteiger partial charge in [0.1, 0.15) is 5.54 Å². The van der Waals surface area contributed by atoms with Crippen LogP contribution in [0.15, 0.2) is 35.5 Å². The summed E-state index contributed by atoms with van der Waals surface area (Å²) in [4.78, 5) is 19.6. The molecule has 1 heterocycles. The van der Waals surface area contributed by atoms with Crippen LogP contribution in [0.2, 0.25) is 0 Å². The Morgan fingerprint density at radius 2 is 1.90 bits per heavy atom. The van der Waals surface area contributed by atoms with Crippen LogP contribution in [0.1, 0.15) is 56.3 Å². The maximum atomic E-state index is 13.0. The van der Waals surface area contributed by atoms with Gasteiger partial charge in [-0.1, -0.05) is 49.2 Å². The fourth-order valence-corrected chi connectivity index (χ4v) is 5.54. The first-order chi connectivity index (χ1) is 14.1. The standard InChI is InChI=1S/C23H28N4OS/c1-26(23(17-24)14-8-3-9-15-23)21(28)16-29-22-25-19-12-6-7-13-20(19)27(22)18-10-4-2-5-11-18/h2,4-5,10-11H,3,6-9,12-16H2,1H3. The molecule has 2 aliphatic rings. The topological polar surface area (TPSA) is 61.9 Å². The van der Waals surface area contributed by atoms with Gasteiger partial charge in [-0.3, -0.25) is 9.36 Å². The van der Waals surface area contributed by atoms with Gasteiger partial charge in [-0.15, -0.1) is 0 Å². The lowest BCUT2D eigenvalue weighted by atomic mass is 9.81. The molecule has 29 heavy (non-hydrogen) atoms. The number of imidazole rings is 1. The highest BCUT2D eigenvalue weighted by molar-refractivity contribution is 7.99. The van der Waals surface area contributed by atoms with Gasteiger partial charge in [0.15, 0.2) is 5.16 Å². The monoisotopic (exact) mass is 408 g/mol. The third-order valence-corrected chi connectivity index (χ3v) is 7.27. The molecule has 2 aromatic rings. The first-order valence-corrected chi connectivity index (χ1v) is 11.6. The molecule has 0 radical (unpaired) electrons. The van der Waals surface area contributed by atoms with Gasteiger partial charge >= 0.3 is 0 Å². The van der Waals surface area contributed by atoms with E-state index in [9.17, 15) is 10.1 Å². The van der Waals surface area contributed by atoms with Crippen LogP contribution in [0.25, 0.3) is 5.69 Å². The molecule has 6 heteroatoms. The first-order valence-electron chi connectivity index (χ1n) is 10.6. The number of rotatable bonds is 5. The molecule has 2 aliphatic carbocycles. The molecule has 5 nitrogen and oxygen atoms in total. The Balaban J connectivity index is 1.55. The predicted octanol–water partition coefficient (Wildman–Crippen LogP) is 4.53. The zero-order chi connectivity index (χ0) is 20.3. The zero-order valence-electron chi connectivity index (χ0n) is 17.1. The van der Waals surface area contributed by atoms with Gasteiger partial charge in [-0.05, 0) is 50.7 Å². The summed E-state index contributed by atoms with van der Waals surface area (Å²) in [6, 6.07) is 12.7. The minimum absolute atomic E-state index is 0.0130. The molecule has 0 N–H and O–H groups in total. The lowest BCUT2D eigenvalue weighted by Crippen LogP contribution is -2.50. The number of thioether (sulfide) groups is 1. The summed E-state index contributed by atoms with van der Waals surface area (Å²) >= 11 is 1.50. The Bertz CT molecular complexity index is 909. The number of nitrogens with zero attached hydrogens (tertiary/aromatic N) is 4. The van der Waals surface area contributed by atoms with E-state index in [-0.39, 0.29) is 5.91 Å². The summed E-state index contributed by atoms with van der Waals surface area (Å²) in [6.07, 6.45) is 9.15. The summed E-state index contributed by atoms with van der Waals surface area (Å²) in [5.74, 6) is 0.321. The molecule has 152 valence electrons. The second kappa shape index (κ2) is 8.62. The number of hydrogen-bond donors (Lipinski definition) is 0. The molecule has 1 amide bonds. The highest BCUT2D eigenvalue weighted by Gasteiger charge is 2.38. The van der Waals surface area contributed by atoms with Crippen LogP contribution in [0.4, 0.5) is 0 Å². The van der Waals surface area contributed by atoms with Gasteiger partial charge in [-0.2, -0.15) is 5.26 Å². The van der Waals surface area contributed by atoms with E-state index in [1.54, 1.807) is 11.9 Å². The molecule has 0 unspecified atom stereocenters. The van der Waals surface area contributed by atoms with E-state index in [4.69, 9.17) is 4.98 Å². The van der Waals surface area contributed by atoms with Crippen molar-refractivity contribution in [3.05, 3.63) is 41.7 Å². The van der Waals surface area contributed by atoms with E-state index < -0.39 is 5.54 Å². The van der Waals surface area contributed by atoms with E-state index >= 15 is 0 Å².